The molecular formula is C11H14N2O. The molecule has 3 heteroatoms. The zero-order valence-corrected chi connectivity index (χ0v) is 8.12. The van der Waals surface area contributed by atoms with E-state index in [-0.39, 0.29) is 0 Å². The topological polar surface area (TPSA) is 38.5 Å². The molecule has 0 aliphatic carbocycles. The summed E-state index contributed by atoms with van der Waals surface area (Å²) in [6.45, 7) is 2.95. The van der Waals surface area contributed by atoms with Gasteiger partial charge in [0, 0.05) is 17.8 Å². The first-order valence-electron chi connectivity index (χ1n) is 5.15. The van der Waals surface area contributed by atoms with Gasteiger partial charge in [-0.3, -0.25) is 0 Å². The van der Waals surface area contributed by atoms with Crippen LogP contribution in [0.4, 0.5) is 11.4 Å². The molecule has 0 radical (unpaired) electrons. The van der Waals surface area contributed by atoms with Crippen LogP contribution in [0.2, 0.25) is 0 Å². The number of nitrogen functional groups attached to an aromatic ring is 1. The zero-order chi connectivity index (χ0) is 9.54. The van der Waals surface area contributed by atoms with E-state index in [4.69, 9.17) is 10.5 Å². The quantitative estimate of drug-likeness (QED) is 0.629. The molecule has 1 aromatic carbocycles. The van der Waals surface area contributed by atoms with Crippen molar-refractivity contribution in [2.75, 3.05) is 30.3 Å². The lowest BCUT2D eigenvalue weighted by Crippen LogP contribution is -2.37. The molecule has 0 aromatic heterocycles. The maximum absolute atomic E-state index is 5.97. The molecule has 3 nitrogen and oxygen atoms in total. The fraction of sp³-hybridized carbons (Fsp3) is 0.455. The van der Waals surface area contributed by atoms with Gasteiger partial charge in [-0.05, 0) is 25.0 Å². The van der Waals surface area contributed by atoms with Gasteiger partial charge in [0.15, 0.2) is 0 Å². The first kappa shape index (κ1) is 7.97. The highest BCUT2D eigenvalue weighted by Gasteiger charge is 2.25. The Morgan fingerprint density at radius 2 is 2.21 bits per heavy atom. The zero-order valence-electron chi connectivity index (χ0n) is 8.12. The standard InChI is InChI=1S/C11H14N2O/c12-9-3-4-10-11-8(9)2-1-5-13(11)6-7-14-10/h3-4H,1-2,5-7,12H2. The van der Waals surface area contributed by atoms with Gasteiger partial charge in [-0.15, -0.1) is 0 Å². The summed E-state index contributed by atoms with van der Waals surface area (Å²) in [5, 5.41) is 0. The Morgan fingerprint density at radius 3 is 3.14 bits per heavy atom. The van der Waals surface area contributed by atoms with Crippen molar-refractivity contribution in [1.29, 1.82) is 0 Å². The van der Waals surface area contributed by atoms with Crippen LogP contribution in [0.3, 0.4) is 0 Å². The van der Waals surface area contributed by atoms with Crippen LogP contribution in [0, 0.1) is 0 Å². The molecule has 0 unspecified atom stereocenters. The van der Waals surface area contributed by atoms with E-state index >= 15 is 0 Å². The Kier molecular flexibility index (Phi) is 1.60. The highest BCUT2D eigenvalue weighted by molar-refractivity contribution is 5.73. The van der Waals surface area contributed by atoms with Gasteiger partial charge in [-0.1, -0.05) is 0 Å². The molecule has 0 atom stereocenters. The molecule has 0 bridgehead atoms. The summed E-state index contributed by atoms with van der Waals surface area (Å²) in [7, 11) is 0. The summed E-state index contributed by atoms with van der Waals surface area (Å²) in [5.74, 6) is 1.01. The Labute approximate surface area is 83.5 Å². The van der Waals surface area contributed by atoms with Crippen molar-refractivity contribution in [3.63, 3.8) is 0 Å². The molecular weight excluding hydrogens is 176 g/mol. The maximum atomic E-state index is 5.97. The van der Waals surface area contributed by atoms with Crippen molar-refractivity contribution < 1.29 is 4.74 Å². The lowest BCUT2D eigenvalue weighted by molar-refractivity contribution is 0.304. The van der Waals surface area contributed by atoms with Gasteiger partial charge in [0.1, 0.15) is 12.4 Å². The number of rotatable bonds is 0. The lowest BCUT2D eigenvalue weighted by Gasteiger charge is -2.36. The van der Waals surface area contributed by atoms with Crippen LogP contribution in [0.5, 0.6) is 5.75 Å². The van der Waals surface area contributed by atoms with Crippen molar-refractivity contribution in [2.45, 2.75) is 12.8 Å². The van der Waals surface area contributed by atoms with E-state index in [2.05, 4.69) is 4.90 Å². The highest BCUT2D eigenvalue weighted by atomic mass is 16.5. The fourth-order valence-corrected chi connectivity index (χ4v) is 2.40. The first-order chi connectivity index (χ1) is 6.86. The van der Waals surface area contributed by atoms with Gasteiger partial charge in [0.2, 0.25) is 0 Å². The SMILES string of the molecule is Nc1ccc2c3c1CCCN3CCO2. The normalized spacial score (nSPS) is 18.7. The second-order valence-electron chi connectivity index (χ2n) is 3.92. The summed E-state index contributed by atoms with van der Waals surface area (Å²) in [6, 6.07) is 3.95. The lowest BCUT2D eigenvalue weighted by atomic mass is 9.98. The molecule has 3 rings (SSSR count). The molecule has 2 aliphatic heterocycles. The maximum Gasteiger partial charge on any atom is 0.143 e. The molecule has 0 saturated carbocycles. The largest absolute Gasteiger partial charge is 0.490 e. The van der Waals surface area contributed by atoms with Crippen LogP contribution >= 0.6 is 0 Å². The van der Waals surface area contributed by atoms with E-state index in [1.165, 1.54) is 17.7 Å². The predicted molar refractivity (Wildman–Crippen MR) is 56.9 cm³/mol. The van der Waals surface area contributed by atoms with E-state index in [0.29, 0.717) is 0 Å². The number of benzene rings is 1. The van der Waals surface area contributed by atoms with Crippen LogP contribution in [0.25, 0.3) is 0 Å². The van der Waals surface area contributed by atoms with Crippen LogP contribution in [-0.4, -0.2) is 19.7 Å². The third kappa shape index (κ3) is 0.983. The molecule has 14 heavy (non-hydrogen) atoms. The van der Waals surface area contributed by atoms with Gasteiger partial charge in [-0.25, -0.2) is 0 Å². The first-order valence-corrected chi connectivity index (χ1v) is 5.15. The van der Waals surface area contributed by atoms with Crippen LogP contribution < -0.4 is 15.4 Å². The Morgan fingerprint density at radius 1 is 1.29 bits per heavy atom. The van der Waals surface area contributed by atoms with Crippen molar-refractivity contribution in [3.05, 3.63) is 17.7 Å². The van der Waals surface area contributed by atoms with Gasteiger partial charge >= 0.3 is 0 Å². The molecule has 2 heterocycles. The average Bonchev–Trinajstić information content (AvgIpc) is 2.24. The minimum Gasteiger partial charge on any atom is -0.490 e. The molecule has 0 spiro atoms. The van der Waals surface area contributed by atoms with Crippen molar-refractivity contribution in [2.24, 2.45) is 0 Å². The van der Waals surface area contributed by atoms with Crippen LogP contribution in [0.15, 0.2) is 12.1 Å². The van der Waals surface area contributed by atoms with Gasteiger partial charge in [0.25, 0.3) is 0 Å². The molecule has 2 aliphatic rings. The van der Waals surface area contributed by atoms with Gasteiger partial charge in [-0.2, -0.15) is 0 Å². The predicted octanol–water partition coefficient (Wildman–Crippen LogP) is 1.41. The highest BCUT2D eigenvalue weighted by Crippen LogP contribution is 2.41. The summed E-state index contributed by atoms with van der Waals surface area (Å²) in [4.78, 5) is 2.40. The number of hydrogen-bond acceptors (Lipinski definition) is 3. The number of ether oxygens (including phenoxy) is 1. The molecule has 0 saturated heterocycles. The Bertz CT molecular complexity index is 374. The van der Waals surface area contributed by atoms with Crippen molar-refractivity contribution >= 4 is 11.4 Å². The average molecular weight is 190 g/mol. The monoisotopic (exact) mass is 190 g/mol. The van der Waals surface area contributed by atoms with Crippen molar-refractivity contribution in [3.8, 4) is 5.75 Å². The van der Waals surface area contributed by atoms with E-state index < -0.39 is 0 Å². The molecule has 0 fully saturated rings. The smallest absolute Gasteiger partial charge is 0.143 e. The third-order valence-electron chi connectivity index (χ3n) is 3.07. The minimum atomic E-state index is 0.802. The number of nitrogens with zero attached hydrogens (tertiary/aromatic N) is 1. The minimum absolute atomic E-state index is 0.802. The third-order valence-corrected chi connectivity index (χ3v) is 3.07. The van der Waals surface area contributed by atoms with Crippen LogP contribution in [0.1, 0.15) is 12.0 Å². The van der Waals surface area contributed by atoms with E-state index in [1.807, 2.05) is 12.1 Å². The molecule has 2 N–H and O–H groups in total. The summed E-state index contributed by atoms with van der Waals surface area (Å²) < 4.78 is 5.63. The molecule has 0 amide bonds. The molecule has 74 valence electrons. The number of hydrogen-bond donors (Lipinski definition) is 1. The van der Waals surface area contributed by atoms with Gasteiger partial charge < -0.3 is 15.4 Å². The second-order valence-corrected chi connectivity index (χ2v) is 3.92. The fourth-order valence-electron chi connectivity index (χ4n) is 2.40. The summed E-state index contributed by atoms with van der Waals surface area (Å²) >= 11 is 0. The Hall–Kier alpha value is -1.38. The van der Waals surface area contributed by atoms with Crippen molar-refractivity contribution in [1.82, 2.24) is 0 Å². The van der Waals surface area contributed by atoms with E-state index in [9.17, 15) is 0 Å². The number of anilines is 2. The Balaban J connectivity index is 2.22. The number of nitrogens with two attached hydrogens (primary N) is 1. The molecule has 1 aromatic rings. The summed E-state index contributed by atoms with van der Waals surface area (Å²) in [5.41, 5.74) is 9.42. The van der Waals surface area contributed by atoms with Crippen LogP contribution in [-0.2, 0) is 6.42 Å². The summed E-state index contributed by atoms with van der Waals surface area (Å²) in [6.07, 6.45) is 2.30. The second kappa shape index (κ2) is 2.80. The van der Waals surface area contributed by atoms with Gasteiger partial charge in [0.05, 0.1) is 12.2 Å². The van der Waals surface area contributed by atoms with E-state index in [0.717, 1.165) is 37.6 Å². The van der Waals surface area contributed by atoms with E-state index in [1.54, 1.807) is 0 Å².